The molecule has 3 rings (SSSR count). The van der Waals surface area contributed by atoms with Gasteiger partial charge in [-0.1, -0.05) is 6.92 Å². The maximum absolute atomic E-state index is 9.43. The second kappa shape index (κ2) is 5.76. The SMILES string of the molecule is C[C@@H]1CCCN(c2c(N)cc(C#N)n2Cc2nccn2C)C1. The zero-order chi connectivity index (χ0) is 15.7. The van der Waals surface area contributed by atoms with Gasteiger partial charge in [0.2, 0.25) is 0 Å². The lowest BCUT2D eigenvalue weighted by molar-refractivity contribution is 0.441. The molecule has 0 aliphatic carbocycles. The summed E-state index contributed by atoms with van der Waals surface area (Å²) in [5.74, 6) is 2.53. The molecule has 1 aliphatic heterocycles. The highest BCUT2D eigenvalue weighted by atomic mass is 15.3. The molecule has 22 heavy (non-hydrogen) atoms. The highest BCUT2D eigenvalue weighted by Gasteiger charge is 2.24. The predicted molar refractivity (Wildman–Crippen MR) is 86.5 cm³/mol. The number of hydrogen-bond donors (Lipinski definition) is 1. The average molecular weight is 298 g/mol. The van der Waals surface area contributed by atoms with Crippen LogP contribution < -0.4 is 10.6 Å². The van der Waals surface area contributed by atoms with Crippen molar-refractivity contribution in [2.75, 3.05) is 23.7 Å². The third-order valence-corrected chi connectivity index (χ3v) is 4.39. The summed E-state index contributed by atoms with van der Waals surface area (Å²) in [6, 6.07) is 4.03. The molecule has 1 aliphatic rings. The molecule has 0 radical (unpaired) electrons. The van der Waals surface area contributed by atoms with Crippen LogP contribution >= 0.6 is 0 Å². The number of aryl methyl sites for hydroxylation is 1. The van der Waals surface area contributed by atoms with Crippen LogP contribution in [0.5, 0.6) is 0 Å². The molecule has 2 N–H and O–H groups in total. The first kappa shape index (κ1) is 14.5. The van der Waals surface area contributed by atoms with E-state index in [0.29, 0.717) is 23.8 Å². The van der Waals surface area contributed by atoms with Crippen LogP contribution in [0.1, 0.15) is 31.3 Å². The summed E-state index contributed by atoms with van der Waals surface area (Å²) in [4.78, 5) is 6.68. The highest BCUT2D eigenvalue weighted by Crippen LogP contribution is 2.31. The summed E-state index contributed by atoms with van der Waals surface area (Å²) in [5.41, 5.74) is 7.49. The van der Waals surface area contributed by atoms with E-state index >= 15 is 0 Å². The number of aromatic nitrogens is 3. The van der Waals surface area contributed by atoms with Gasteiger partial charge in [0.05, 0.1) is 12.2 Å². The van der Waals surface area contributed by atoms with Gasteiger partial charge < -0.3 is 19.8 Å². The third-order valence-electron chi connectivity index (χ3n) is 4.39. The van der Waals surface area contributed by atoms with Crippen molar-refractivity contribution in [2.24, 2.45) is 13.0 Å². The molecule has 1 atom stereocenters. The molecule has 2 aromatic rings. The van der Waals surface area contributed by atoms with Crippen LogP contribution in [0.4, 0.5) is 11.5 Å². The first-order valence-corrected chi connectivity index (χ1v) is 7.70. The number of rotatable bonds is 3. The van der Waals surface area contributed by atoms with Crippen LogP contribution in [0.25, 0.3) is 0 Å². The number of nitrogens with two attached hydrogens (primary N) is 1. The molecule has 1 saturated heterocycles. The predicted octanol–water partition coefficient (Wildman–Crippen LogP) is 1.96. The van der Waals surface area contributed by atoms with Crippen LogP contribution in [-0.2, 0) is 13.6 Å². The van der Waals surface area contributed by atoms with E-state index in [1.54, 1.807) is 12.3 Å². The van der Waals surface area contributed by atoms with Gasteiger partial charge in [-0.2, -0.15) is 5.26 Å². The van der Waals surface area contributed by atoms with E-state index in [2.05, 4.69) is 22.9 Å². The minimum absolute atomic E-state index is 0.559. The van der Waals surface area contributed by atoms with Gasteiger partial charge in [0.1, 0.15) is 23.4 Å². The van der Waals surface area contributed by atoms with Crippen molar-refractivity contribution in [3.63, 3.8) is 0 Å². The molecule has 0 bridgehead atoms. The zero-order valence-electron chi connectivity index (χ0n) is 13.2. The van der Waals surface area contributed by atoms with Crippen molar-refractivity contribution < 1.29 is 0 Å². The first-order chi connectivity index (χ1) is 10.6. The number of nitrogens with zero attached hydrogens (tertiary/aromatic N) is 5. The number of anilines is 2. The van der Waals surface area contributed by atoms with E-state index < -0.39 is 0 Å². The molecule has 0 aromatic carbocycles. The Morgan fingerprint density at radius 2 is 2.32 bits per heavy atom. The van der Waals surface area contributed by atoms with E-state index in [4.69, 9.17) is 5.73 Å². The van der Waals surface area contributed by atoms with Gasteiger partial charge in [0.25, 0.3) is 0 Å². The molecule has 6 nitrogen and oxygen atoms in total. The number of hydrogen-bond acceptors (Lipinski definition) is 4. The second-order valence-corrected chi connectivity index (χ2v) is 6.15. The Hall–Kier alpha value is -2.42. The van der Waals surface area contributed by atoms with E-state index in [0.717, 1.165) is 31.2 Å². The fraction of sp³-hybridized carbons (Fsp3) is 0.500. The van der Waals surface area contributed by atoms with Crippen LogP contribution in [0.15, 0.2) is 18.5 Å². The fourth-order valence-electron chi connectivity index (χ4n) is 3.24. The van der Waals surface area contributed by atoms with Gasteiger partial charge in [0.15, 0.2) is 0 Å². The van der Waals surface area contributed by atoms with Crippen molar-refractivity contribution in [3.8, 4) is 6.07 Å². The summed E-state index contributed by atoms with van der Waals surface area (Å²) in [7, 11) is 1.96. The molecule has 1 fully saturated rings. The summed E-state index contributed by atoms with van der Waals surface area (Å²) < 4.78 is 3.97. The normalized spacial score (nSPS) is 18.4. The minimum Gasteiger partial charge on any atom is -0.396 e. The first-order valence-electron chi connectivity index (χ1n) is 7.70. The van der Waals surface area contributed by atoms with E-state index in [9.17, 15) is 5.26 Å². The summed E-state index contributed by atoms with van der Waals surface area (Å²) in [5, 5.41) is 9.43. The smallest absolute Gasteiger partial charge is 0.133 e. The molecule has 2 aromatic heterocycles. The standard InChI is InChI=1S/C16H22N6/c1-12-4-3-6-21(10-12)16-14(18)8-13(9-17)22(16)11-15-19-5-7-20(15)2/h5,7-8,12H,3-4,6,10-11,18H2,1-2H3/t12-/m1/s1. The van der Waals surface area contributed by atoms with Crippen molar-refractivity contribution >= 4 is 11.5 Å². The lowest BCUT2D eigenvalue weighted by Gasteiger charge is -2.33. The maximum atomic E-state index is 9.43. The number of nitriles is 1. The van der Waals surface area contributed by atoms with Crippen molar-refractivity contribution in [1.29, 1.82) is 5.26 Å². The lowest BCUT2D eigenvalue weighted by Crippen LogP contribution is -2.36. The Labute approximate surface area is 130 Å². The van der Waals surface area contributed by atoms with Crippen LogP contribution in [0.2, 0.25) is 0 Å². The molecule has 0 unspecified atom stereocenters. The lowest BCUT2D eigenvalue weighted by atomic mass is 10.0. The zero-order valence-corrected chi connectivity index (χ0v) is 13.2. The molecular weight excluding hydrogens is 276 g/mol. The molecule has 3 heterocycles. The van der Waals surface area contributed by atoms with E-state index in [1.165, 1.54) is 6.42 Å². The van der Waals surface area contributed by atoms with Crippen molar-refractivity contribution in [1.82, 2.24) is 14.1 Å². The van der Waals surface area contributed by atoms with Crippen LogP contribution in [0.3, 0.4) is 0 Å². The Balaban J connectivity index is 2.00. The number of piperidine rings is 1. The second-order valence-electron chi connectivity index (χ2n) is 6.15. The maximum Gasteiger partial charge on any atom is 0.133 e. The fourth-order valence-corrected chi connectivity index (χ4v) is 3.24. The van der Waals surface area contributed by atoms with Gasteiger partial charge >= 0.3 is 0 Å². The Morgan fingerprint density at radius 1 is 1.50 bits per heavy atom. The molecule has 116 valence electrons. The molecule has 6 heteroatoms. The van der Waals surface area contributed by atoms with Crippen molar-refractivity contribution in [2.45, 2.75) is 26.3 Å². The summed E-state index contributed by atoms with van der Waals surface area (Å²) >= 11 is 0. The number of imidazole rings is 1. The quantitative estimate of drug-likeness (QED) is 0.940. The minimum atomic E-state index is 0.559. The Bertz CT molecular complexity index is 705. The molecule has 0 amide bonds. The number of nitrogen functional groups attached to an aromatic ring is 1. The average Bonchev–Trinajstić information content (AvgIpc) is 3.03. The van der Waals surface area contributed by atoms with Crippen LogP contribution in [0, 0.1) is 17.2 Å². The largest absolute Gasteiger partial charge is 0.396 e. The molecule has 0 spiro atoms. The molecule has 0 saturated carbocycles. The Morgan fingerprint density at radius 3 is 2.95 bits per heavy atom. The summed E-state index contributed by atoms with van der Waals surface area (Å²) in [6.07, 6.45) is 6.10. The van der Waals surface area contributed by atoms with Crippen molar-refractivity contribution in [3.05, 3.63) is 30.0 Å². The van der Waals surface area contributed by atoms with Crippen LogP contribution in [-0.4, -0.2) is 27.2 Å². The van der Waals surface area contributed by atoms with E-state index in [-0.39, 0.29) is 0 Å². The van der Waals surface area contributed by atoms with Gasteiger partial charge in [-0.3, -0.25) is 0 Å². The third kappa shape index (κ3) is 2.54. The molecular formula is C16H22N6. The van der Waals surface area contributed by atoms with Gasteiger partial charge in [-0.25, -0.2) is 4.98 Å². The van der Waals surface area contributed by atoms with E-state index in [1.807, 2.05) is 22.4 Å². The monoisotopic (exact) mass is 298 g/mol. The topological polar surface area (TPSA) is 75.8 Å². The van der Waals surface area contributed by atoms with Gasteiger partial charge in [-0.05, 0) is 24.8 Å². The highest BCUT2D eigenvalue weighted by molar-refractivity contribution is 5.68. The summed E-state index contributed by atoms with van der Waals surface area (Å²) in [6.45, 7) is 4.80. The van der Waals surface area contributed by atoms with Gasteiger partial charge in [0, 0.05) is 32.5 Å². The Kier molecular flexibility index (Phi) is 3.80. The van der Waals surface area contributed by atoms with Gasteiger partial charge in [-0.15, -0.1) is 0 Å².